The molecule has 2 heteroatoms. The summed E-state index contributed by atoms with van der Waals surface area (Å²) in [6.07, 6.45) is 0.822. The molecule has 0 radical (unpaired) electrons. The van der Waals surface area contributed by atoms with Gasteiger partial charge in [0.25, 0.3) is 0 Å². The number of carbonyl (C=O) groups excluding carboxylic acids is 2. The van der Waals surface area contributed by atoms with E-state index in [4.69, 9.17) is 0 Å². The maximum atomic E-state index is 12.4. The van der Waals surface area contributed by atoms with Crippen molar-refractivity contribution >= 4 is 22.8 Å². The highest BCUT2D eigenvalue weighted by atomic mass is 16.1. The predicted molar refractivity (Wildman–Crippen MR) is 79.2 cm³/mol. The van der Waals surface area contributed by atoms with Crippen LogP contribution in [0, 0.1) is 0 Å². The van der Waals surface area contributed by atoms with Gasteiger partial charge in [0, 0.05) is 16.7 Å². The lowest BCUT2D eigenvalue weighted by Crippen LogP contribution is -2.00. The second-order valence-electron chi connectivity index (χ2n) is 4.63. The van der Waals surface area contributed by atoms with E-state index in [0.717, 1.165) is 17.1 Å². The van der Waals surface area contributed by atoms with E-state index in [1.165, 1.54) is 0 Å². The summed E-state index contributed by atoms with van der Waals surface area (Å²) in [6.45, 7) is 0. The first-order chi connectivity index (χ1) is 9.78. The predicted octanol–water partition coefficient (Wildman–Crippen LogP) is 3.88. The molecule has 0 spiro atoms. The van der Waals surface area contributed by atoms with Gasteiger partial charge in [0.05, 0.1) is 0 Å². The molecule has 2 nitrogen and oxygen atoms in total. The molecule has 0 aliphatic carbocycles. The van der Waals surface area contributed by atoms with Crippen LogP contribution in [-0.2, 0) is 0 Å². The van der Waals surface area contributed by atoms with Crippen molar-refractivity contribution in [1.82, 2.24) is 0 Å². The molecular formula is C18H12O2. The topological polar surface area (TPSA) is 34.1 Å². The third-order valence-electron chi connectivity index (χ3n) is 3.30. The maximum absolute atomic E-state index is 12.4. The fourth-order valence-corrected chi connectivity index (χ4v) is 2.23. The Morgan fingerprint density at radius 3 is 2.20 bits per heavy atom. The molecule has 0 unspecified atom stereocenters. The second kappa shape index (κ2) is 5.10. The van der Waals surface area contributed by atoms with Gasteiger partial charge in [0.2, 0.25) is 0 Å². The Labute approximate surface area is 116 Å². The molecule has 0 bridgehead atoms. The highest BCUT2D eigenvalue weighted by Gasteiger charge is 2.09. The van der Waals surface area contributed by atoms with Crippen molar-refractivity contribution in [2.24, 2.45) is 0 Å². The first-order valence-electron chi connectivity index (χ1n) is 6.37. The van der Waals surface area contributed by atoms with Crippen LogP contribution in [0.4, 0.5) is 0 Å². The number of carbonyl (C=O) groups is 2. The average Bonchev–Trinajstić information content (AvgIpc) is 2.54. The fourth-order valence-electron chi connectivity index (χ4n) is 2.23. The van der Waals surface area contributed by atoms with Gasteiger partial charge >= 0.3 is 0 Å². The lowest BCUT2D eigenvalue weighted by Gasteiger charge is -2.04. The van der Waals surface area contributed by atoms with Crippen molar-refractivity contribution in [3.63, 3.8) is 0 Å². The van der Waals surface area contributed by atoms with E-state index in [-0.39, 0.29) is 5.78 Å². The highest BCUT2D eigenvalue weighted by Crippen LogP contribution is 2.19. The van der Waals surface area contributed by atoms with Gasteiger partial charge in [-0.3, -0.25) is 9.59 Å². The third-order valence-corrected chi connectivity index (χ3v) is 3.30. The summed E-state index contributed by atoms with van der Waals surface area (Å²) in [7, 11) is 0. The SMILES string of the molecule is O=Cc1ccc2cc(C(=O)c3ccccc3)ccc2c1. The minimum atomic E-state index is 0.00645. The van der Waals surface area contributed by atoms with Gasteiger partial charge in [-0.1, -0.05) is 54.6 Å². The Morgan fingerprint density at radius 2 is 1.45 bits per heavy atom. The Hall–Kier alpha value is -2.74. The van der Waals surface area contributed by atoms with E-state index in [1.807, 2.05) is 54.6 Å². The Morgan fingerprint density at radius 1 is 0.750 bits per heavy atom. The van der Waals surface area contributed by atoms with Crippen LogP contribution in [0.3, 0.4) is 0 Å². The van der Waals surface area contributed by atoms with E-state index in [2.05, 4.69) is 0 Å². The second-order valence-corrected chi connectivity index (χ2v) is 4.63. The molecule has 96 valence electrons. The van der Waals surface area contributed by atoms with Crippen LogP contribution in [0.2, 0.25) is 0 Å². The first-order valence-corrected chi connectivity index (χ1v) is 6.37. The average molecular weight is 260 g/mol. The molecule has 0 aliphatic heterocycles. The van der Waals surface area contributed by atoms with Crippen LogP contribution in [0.5, 0.6) is 0 Å². The van der Waals surface area contributed by atoms with E-state index in [0.29, 0.717) is 16.7 Å². The molecule has 0 N–H and O–H groups in total. The number of aldehydes is 1. The molecule has 0 fully saturated rings. The molecule has 0 saturated carbocycles. The van der Waals surface area contributed by atoms with Gasteiger partial charge < -0.3 is 0 Å². The van der Waals surface area contributed by atoms with Gasteiger partial charge in [0.1, 0.15) is 6.29 Å². The van der Waals surface area contributed by atoms with Crippen molar-refractivity contribution in [1.29, 1.82) is 0 Å². The van der Waals surface area contributed by atoms with Crippen LogP contribution < -0.4 is 0 Å². The molecule has 3 aromatic carbocycles. The summed E-state index contributed by atoms with van der Waals surface area (Å²) in [6, 6.07) is 20.2. The van der Waals surface area contributed by atoms with Gasteiger partial charge in [-0.2, -0.15) is 0 Å². The van der Waals surface area contributed by atoms with Gasteiger partial charge in [0.15, 0.2) is 5.78 Å². The lowest BCUT2D eigenvalue weighted by molar-refractivity contribution is 0.103. The fraction of sp³-hybridized carbons (Fsp3) is 0. The van der Waals surface area contributed by atoms with E-state index in [9.17, 15) is 9.59 Å². The van der Waals surface area contributed by atoms with Crippen molar-refractivity contribution in [2.45, 2.75) is 0 Å². The normalized spacial score (nSPS) is 10.4. The number of fused-ring (bicyclic) bond motifs is 1. The summed E-state index contributed by atoms with van der Waals surface area (Å²) in [5.41, 5.74) is 1.97. The smallest absolute Gasteiger partial charge is 0.193 e. The van der Waals surface area contributed by atoms with Crippen molar-refractivity contribution < 1.29 is 9.59 Å². The summed E-state index contributed by atoms with van der Waals surface area (Å²) < 4.78 is 0. The maximum Gasteiger partial charge on any atom is 0.193 e. The minimum Gasteiger partial charge on any atom is -0.298 e. The van der Waals surface area contributed by atoms with Crippen LogP contribution in [0.25, 0.3) is 10.8 Å². The molecule has 0 amide bonds. The molecule has 0 aliphatic rings. The van der Waals surface area contributed by atoms with E-state index >= 15 is 0 Å². The molecule has 3 aromatic rings. The first kappa shape index (κ1) is 12.3. The molecule has 20 heavy (non-hydrogen) atoms. The monoisotopic (exact) mass is 260 g/mol. The molecule has 0 aromatic heterocycles. The number of ketones is 1. The number of rotatable bonds is 3. The van der Waals surface area contributed by atoms with Crippen LogP contribution >= 0.6 is 0 Å². The quantitative estimate of drug-likeness (QED) is 0.529. The van der Waals surface area contributed by atoms with Crippen LogP contribution in [0.15, 0.2) is 66.7 Å². The van der Waals surface area contributed by atoms with Crippen LogP contribution in [-0.4, -0.2) is 12.1 Å². The standard InChI is InChI=1S/C18H12O2/c19-12-13-6-7-16-11-17(9-8-15(16)10-13)18(20)14-4-2-1-3-5-14/h1-12H. The lowest BCUT2D eigenvalue weighted by atomic mass is 9.99. The molecule has 3 rings (SSSR count). The summed E-state index contributed by atoms with van der Waals surface area (Å²) in [5.74, 6) is 0.00645. The highest BCUT2D eigenvalue weighted by molar-refractivity contribution is 6.10. The van der Waals surface area contributed by atoms with E-state index in [1.54, 1.807) is 12.1 Å². The van der Waals surface area contributed by atoms with Crippen molar-refractivity contribution in [3.05, 3.63) is 83.4 Å². The van der Waals surface area contributed by atoms with Gasteiger partial charge in [-0.15, -0.1) is 0 Å². The van der Waals surface area contributed by atoms with Crippen molar-refractivity contribution in [3.8, 4) is 0 Å². The summed E-state index contributed by atoms with van der Waals surface area (Å²) in [4.78, 5) is 23.1. The Kier molecular flexibility index (Phi) is 3.13. The summed E-state index contributed by atoms with van der Waals surface area (Å²) >= 11 is 0. The third kappa shape index (κ3) is 2.24. The van der Waals surface area contributed by atoms with Crippen molar-refractivity contribution in [2.75, 3.05) is 0 Å². The Bertz CT molecular complexity index is 789. The number of hydrogen-bond acceptors (Lipinski definition) is 2. The van der Waals surface area contributed by atoms with Gasteiger partial charge in [-0.25, -0.2) is 0 Å². The Balaban J connectivity index is 2.05. The molecule has 0 atom stereocenters. The summed E-state index contributed by atoms with van der Waals surface area (Å²) in [5, 5.41) is 1.91. The molecule has 0 saturated heterocycles. The van der Waals surface area contributed by atoms with Gasteiger partial charge in [-0.05, 0) is 22.9 Å². The van der Waals surface area contributed by atoms with E-state index < -0.39 is 0 Å². The number of hydrogen-bond donors (Lipinski definition) is 0. The van der Waals surface area contributed by atoms with Crippen LogP contribution in [0.1, 0.15) is 26.3 Å². The zero-order valence-electron chi connectivity index (χ0n) is 10.7. The molecular weight excluding hydrogens is 248 g/mol. The largest absolute Gasteiger partial charge is 0.298 e. The zero-order chi connectivity index (χ0) is 13.9. The number of benzene rings is 3. The zero-order valence-corrected chi connectivity index (χ0v) is 10.7. The molecule has 0 heterocycles. The minimum absolute atomic E-state index is 0.00645.